The van der Waals surface area contributed by atoms with Crippen LogP contribution in [0.3, 0.4) is 0 Å². The maximum atomic E-state index is 13.6. The van der Waals surface area contributed by atoms with E-state index < -0.39 is 28.5 Å². The zero-order valence-corrected chi connectivity index (χ0v) is 23.6. The average Bonchev–Trinajstić information content (AvgIpc) is 2.82. The second-order valence-electron chi connectivity index (χ2n) is 8.88. The number of carbonyl (C=O) groups is 2. The van der Waals surface area contributed by atoms with E-state index in [0.717, 1.165) is 39.8 Å². The van der Waals surface area contributed by atoms with Crippen molar-refractivity contribution in [1.29, 1.82) is 0 Å². The molecule has 1 aliphatic rings. The molecule has 1 N–H and O–H groups in total. The van der Waals surface area contributed by atoms with Crippen molar-refractivity contribution < 1.29 is 18.0 Å². The fraction of sp³-hybridized carbons (Fsp3) is 0.440. The van der Waals surface area contributed by atoms with Gasteiger partial charge >= 0.3 is 0 Å². The molecule has 0 aliphatic heterocycles. The Morgan fingerprint density at radius 2 is 1.71 bits per heavy atom. The molecule has 0 bridgehead atoms. The van der Waals surface area contributed by atoms with E-state index in [1.165, 1.54) is 11.3 Å². The molecule has 0 aromatic heterocycles. The summed E-state index contributed by atoms with van der Waals surface area (Å²) in [5.41, 5.74) is 1.07. The molecule has 7 nitrogen and oxygen atoms in total. The van der Waals surface area contributed by atoms with E-state index in [0.29, 0.717) is 16.3 Å². The summed E-state index contributed by atoms with van der Waals surface area (Å²) in [4.78, 5) is 28.1. The van der Waals surface area contributed by atoms with Crippen LogP contribution in [-0.4, -0.2) is 50.0 Å². The Bertz CT molecular complexity index is 1140. The van der Waals surface area contributed by atoms with E-state index in [9.17, 15) is 18.0 Å². The lowest BCUT2D eigenvalue weighted by atomic mass is 9.95. The maximum Gasteiger partial charge on any atom is 0.244 e. The third-order valence-electron chi connectivity index (χ3n) is 6.21. The smallest absolute Gasteiger partial charge is 0.244 e. The van der Waals surface area contributed by atoms with Crippen LogP contribution < -0.4 is 9.62 Å². The van der Waals surface area contributed by atoms with Crippen LogP contribution >= 0.6 is 34.2 Å². The Hall–Kier alpha value is -1.85. The second-order valence-corrected chi connectivity index (χ2v) is 12.4. The maximum absolute atomic E-state index is 13.6. The van der Waals surface area contributed by atoms with Gasteiger partial charge in [-0.25, -0.2) is 8.42 Å². The number of nitrogens with zero attached hydrogens (tertiary/aromatic N) is 2. The number of rotatable bonds is 9. The second kappa shape index (κ2) is 12.4. The molecule has 3 rings (SSSR count). The third kappa shape index (κ3) is 7.82. The largest absolute Gasteiger partial charge is 0.352 e. The van der Waals surface area contributed by atoms with Crippen LogP contribution in [0.4, 0.5) is 5.69 Å². The quantitative estimate of drug-likeness (QED) is 0.411. The number of carbonyl (C=O) groups excluding carboxylic acids is 2. The van der Waals surface area contributed by atoms with Crippen LogP contribution in [-0.2, 0) is 26.2 Å². The number of halogens is 2. The number of nitrogens with one attached hydrogen (secondary N) is 1. The zero-order chi connectivity index (χ0) is 25.6. The molecule has 2 aromatic rings. The van der Waals surface area contributed by atoms with Crippen molar-refractivity contribution >= 4 is 61.7 Å². The fourth-order valence-corrected chi connectivity index (χ4v) is 5.59. The van der Waals surface area contributed by atoms with Crippen LogP contribution in [0.5, 0.6) is 0 Å². The molecule has 2 aromatic carbocycles. The topological polar surface area (TPSA) is 86.8 Å². The van der Waals surface area contributed by atoms with Crippen LogP contribution in [0.1, 0.15) is 44.6 Å². The molecule has 2 amide bonds. The number of benzene rings is 2. The van der Waals surface area contributed by atoms with E-state index in [1.807, 2.05) is 6.07 Å². The Morgan fingerprint density at radius 1 is 1.09 bits per heavy atom. The standard InChI is InChI=1S/C25H31ClIN3O4S/c1-18(25(32)28-21-9-4-3-5-10-21)29(16-19-8-6-7-11-23(19)26)24(31)17-30(35(2,33)34)22-14-12-20(27)13-15-22/h6-8,11-15,18,21H,3-5,9-10,16-17H2,1-2H3,(H,28,32)/t18-/m0/s1. The minimum atomic E-state index is -3.75. The Morgan fingerprint density at radius 3 is 2.31 bits per heavy atom. The van der Waals surface area contributed by atoms with Crippen molar-refractivity contribution in [2.24, 2.45) is 0 Å². The lowest BCUT2D eigenvalue weighted by Gasteiger charge is -2.33. The first-order chi connectivity index (χ1) is 16.6. The molecule has 10 heteroatoms. The van der Waals surface area contributed by atoms with Gasteiger partial charge in [-0.05, 0) is 78.3 Å². The van der Waals surface area contributed by atoms with Crippen LogP contribution in [0.2, 0.25) is 5.02 Å². The molecule has 1 atom stereocenters. The SMILES string of the molecule is C[C@@H](C(=O)NC1CCCCC1)N(Cc1ccccc1Cl)C(=O)CN(c1ccc(I)cc1)S(C)(=O)=O. The number of hydrogen-bond donors (Lipinski definition) is 1. The summed E-state index contributed by atoms with van der Waals surface area (Å²) < 4.78 is 27.2. The first kappa shape index (κ1) is 27.7. The minimum absolute atomic E-state index is 0.0854. The minimum Gasteiger partial charge on any atom is -0.352 e. The molecule has 0 saturated heterocycles. The van der Waals surface area contributed by atoms with Gasteiger partial charge in [-0.3, -0.25) is 13.9 Å². The average molecular weight is 632 g/mol. The van der Waals surface area contributed by atoms with E-state index >= 15 is 0 Å². The fourth-order valence-electron chi connectivity index (χ4n) is 4.18. The van der Waals surface area contributed by atoms with Gasteiger partial charge in [0, 0.05) is 21.2 Å². The number of anilines is 1. The Balaban J connectivity index is 1.87. The van der Waals surface area contributed by atoms with Gasteiger partial charge in [-0.1, -0.05) is 49.1 Å². The number of amides is 2. The summed E-state index contributed by atoms with van der Waals surface area (Å²) in [6, 6.07) is 13.3. The predicted octanol–water partition coefficient (Wildman–Crippen LogP) is 4.58. The normalized spacial score (nSPS) is 15.3. The zero-order valence-electron chi connectivity index (χ0n) is 19.9. The molecule has 1 aliphatic carbocycles. The molecule has 1 saturated carbocycles. The Kier molecular flexibility index (Phi) is 9.83. The van der Waals surface area contributed by atoms with E-state index in [1.54, 1.807) is 49.4 Å². The van der Waals surface area contributed by atoms with Gasteiger partial charge in [0.25, 0.3) is 0 Å². The molecule has 0 radical (unpaired) electrons. The van der Waals surface area contributed by atoms with Crippen molar-refractivity contribution in [3.63, 3.8) is 0 Å². The summed E-state index contributed by atoms with van der Waals surface area (Å²) >= 11 is 8.49. The molecule has 0 heterocycles. The molecule has 35 heavy (non-hydrogen) atoms. The molecule has 0 unspecified atom stereocenters. The van der Waals surface area contributed by atoms with Gasteiger partial charge < -0.3 is 10.2 Å². The van der Waals surface area contributed by atoms with E-state index in [2.05, 4.69) is 27.9 Å². The highest BCUT2D eigenvalue weighted by atomic mass is 127. The highest BCUT2D eigenvalue weighted by Crippen LogP contribution is 2.23. The van der Waals surface area contributed by atoms with Gasteiger partial charge in [0.1, 0.15) is 12.6 Å². The lowest BCUT2D eigenvalue weighted by molar-refractivity contribution is -0.139. The van der Waals surface area contributed by atoms with Crippen LogP contribution in [0, 0.1) is 3.57 Å². The summed E-state index contributed by atoms with van der Waals surface area (Å²) in [6.07, 6.45) is 6.22. The van der Waals surface area contributed by atoms with Crippen LogP contribution in [0.25, 0.3) is 0 Å². The van der Waals surface area contributed by atoms with Gasteiger partial charge in [-0.2, -0.15) is 0 Å². The van der Waals surface area contributed by atoms with Gasteiger partial charge in [0.15, 0.2) is 0 Å². The molecule has 190 valence electrons. The Labute approximate surface area is 226 Å². The van der Waals surface area contributed by atoms with Crippen molar-refractivity contribution in [2.45, 2.75) is 57.7 Å². The van der Waals surface area contributed by atoms with E-state index in [4.69, 9.17) is 11.6 Å². The molecular weight excluding hydrogens is 601 g/mol. The molecule has 0 spiro atoms. The summed E-state index contributed by atoms with van der Waals surface area (Å²) in [6.45, 7) is 1.33. The van der Waals surface area contributed by atoms with Gasteiger partial charge in [0.2, 0.25) is 21.8 Å². The molecular formula is C25H31ClIN3O4S. The van der Waals surface area contributed by atoms with Crippen molar-refractivity contribution in [1.82, 2.24) is 10.2 Å². The summed E-state index contributed by atoms with van der Waals surface area (Å²) in [7, 11) is -3.75. The van der Waals surface area contributed by atoms with Gasteiger partial charge in [-0.15, -0.1) is 0 Å². The van der Waals surface area contributed by atoms with Crippen molar-refractivity contribution in [3.05, 3.63) is 62.7 Å². The van der Waals surface area contributed by atoms with Gasteiger partial charge in [0.05, 0.1) is 11.9 Å². The number of sulfonamides is 1. The molecule has 1 fully saturated rings. The van der Waals surface area contributed by atoms with Crippen molar-refractivity contribution in [2.75, 3.05) is 17.1 Å². The van der Waals surface area contributed by atoms with Crippen LogP contribution in [0.15, 0.2) is 48.5 Å². The number of hydrogen-bond acceptors (Lipinski definition) is 4. The highest BCUT2D eigenvalue weighted by Gasteiger charge is 2.31. The lowest BCUT2D eigenvalue weighted by Crippen LogP contribution is -2.53. The highest BCUT2D eigenvalue weighted by molar-refractivity contribution is 14.1. The first-order valence-electron chi connectivity index (χ1n) is 11.6. The van der Waals surface area contributed by atoms with Crippen molar-refractivity contribution in [3.8, 4) is 0 Å². The predicted molar refractivity (Wildman–Crippen MR) is 148 cm³/mol. The summed E-state index contributed by atoms with van der Waals surface area (Å²) in [5, 5.41) is 3.55. The monoisotopic (exact) mass is 631 g/mol. The summed E-state index contributed by atoms with van der Waals surface area (Å²) in [5.74, 6) is -0.738. The van der Waals surface area contributed by atoms with E-state index in [-0.39, 0.29) is 18.5 Å². The first-order valence-corrected chi connectivity index (χ1v) is 14.9. The third-order valence-corrected chi connectivity index (χ3v) is 8.44.